The number of hydrogen-bond acceptors (Lipinski definition) is 7. The second-order valence-corrected chi connectivity index (χ2v) is 15.1. The minimum atomic E-state index is -1.83. The van der Waals surface area contributed by atoms with Crippen LogP contribution in [-0.2, 0) is 13.9 Å². The number of ether oxygens (including phenoxy) is 2. The van der Waals surface area contributed by atoms with E-state index >= 15 is 0 Å². The highest BCUT2D eigenvalue weighted by Gasteiger charge is 2.36. The monoisotopic (exact) mass is 476 g/mol. The molecule has 1 N–H and O–H groups in total. The van der Waals surface area contributed by atoms with Crippen molar-refractivity contribution in [1.29, 1.82) is 0 Å². The number of fused-ring (bicyclic) bond motifs is 1. The Hall–Kier alpha value is -2.65. The summed E-state index contributed by atoms with van der Waals surface area (Å²) in [6.07, 6.45) is 4.70. The zero-order valence-electron chi connectivity index (χ0n) is 21.1. The Morgan fingerprint density at radius 3 is 2.42 bits per heavy atom. The molecule has 2 heterocycles. The lowest BCUT2D eigenvalue weighted by Gasteiger charge is -2.35. The summed E-state index contributed by atoms with van der Waals surface area (Å²) in [5, 5.41) is 2.63. The van der Waals surface area contributed by atoms with Crippen LogP contribution in [0.5, 0.6) is 0 Å². The second-order valence-electron chi connectivity index (χ2n) is 10.2. The Labute approximate surface area is 196 Å². The van der Waals surface area contributed by atoms with Crippen LogP contribution in [0.4, 0.5) is 10.7 Å². The average molecular weight is 477 g/mol. The summed E-state index contributed by atoms with van der Waals surface area (Å²) in [7, 11) is -1.83. The molecule has 9 heteroatoms. The topological polar surface area (TPSA) is 99.9 Å². The van der Waals surface area contributed by atoms with E-state index in [4.69, 9.17) is 18.3 Å². The molecule has 0 radical (unpaired) electrons. The minimum absolute atomic E-state index is 0.0505. The Morgan fingerprint density at radius 2 is 1.85 bits per heavy atom. The van der Waals surface area contributed by atoms with Crippen molar-refractivity contribution in [3.63, 3.8) is 0 Å². The van der Waals surface area contributed by atoms with Gasteiger partial charge in [0, 0.05) is 6.20 Å². The van der Waals surface area contributed by atoms with Gasteiger partial charge in [-0.3, -0.25) is 10.3 Å². The van der Waals surface area contributed by atoms with E-state index in [1.807, 2.05) is 12.2 Å². The van der Waals surface area contributed by atoms with Crippen molar-refractivity contribution in [3.05, 3.63) is 29.5 Å². The Morgan fingerprint density at radius 1 is 1.18 bits per heavy atom. The van der Waals surface area contributed by atoms with Gasteiger partial charge in [0.05, 0.1) is 13.2 Å². The molecule has 0 saturated heterocycles. The fourth-order valence-electron chi connectivity index (χ4n) is 2.62. The lowest BCUT2D eigenvalue weighted by molar-refractivity contribution is 0.0529. The molecule has 0 aromatic carbocycles. The minimum Gasteiger partial charge on any atom is -0.462 e. The van der Waals surface area contributed by atoms with E-state index < -0.39 is 26.0 Å². The van der Waals surface area contributed by atoms with Gasteiger partial charge in [-0.2, -0.15) is 0 Å². The van der Waals surface area contributed by atoms with Crippen LogP contribution in [0.3, 0.4) is 0 Å². The molecule has 0 saturated carbocycles. The standard InChI is InChI=1S/C24H36N2O6Si/c1-10-29-21(27)18-19-17(31-20(18)26-22(28)32-23(2,3)4)14-16(15-25-19)12-11-13-30-33(8,9)24(5,6)7/h11-12,14-15H,10,13H2,1-9H3,(H,26,28)/b12-11+. The number of furan rings is 1. The van der Waals surface area contributed by atoms with E-state index in [9.17, 15) is 9.59 Å². The molecule has 33 heavy (non-hydrogen) atoms. The third-order valence-corrected chi connectivity index (χ3v) is 9.80. The van der Waals surface area contributed by atoms with Crippen LogP contribution in [-0.4, -0.2) is 44.2 Å². The van der Waals surface area contributed by atoms with E-state index in [0.29, 0.717) is 17.7 Å². The van der Waals surface area contributed by atoms with Crippen molar-refractivity contribution in [2.45, 2.75) is 72.2 Å². The SMILES string of the molecule is CCOC(=O)c1c(NC(=O)OC(C)(C)C)oc2cc(/C=C/CO[Si](C)(C)C(C)(C)C)cnc12. The van der Waals surface area contributed by atoms with Crippen molar-refractivity contribution in [2.75, 3.05) is 18.5 Å². The number of anilines is 1. The maximum Gasteiger partial charge on any atom is 0.414 e. The van der Waals surface area contributed by atoms with Crippen LogP contribution in [0, 0.1) is 0 Å². The third-order valence-electron chi connectivity index (χ3n) is 5.30. The van der Waals surface area contributed by atoms with Crippen LogP contribution in [0.1, 0.15) is 64.4 Å². The molecule has 0 aliphatic carbocycles. The Bertz CT molecular complexity index is 1030. The van der Waals surface area contributed by atoms with Gasteiger partial charge in [-0.1, -0.05) is 32.9 Å². The predicted octanol–water partition coefficient (Wildman–Crippen LogP) is 6.39. The number of rotatable bonds is 7. The highest BCUT2D eigenvalue weighted by Crippen LogP contribution is 2.36. The molecule has 2 aromatic heterocycles. The predicted molar refractivity (Wildman–Crippen MR) is 132 cm³/mol. The van der Waals surface area contributed by atoms with Crippen LogP contribution in [0.2, 0.25) is 18.1 Å². The first-order valence-electron chi connectivity index (χ1n) is 11.0. The maximum atomic E-state index is 12.5. The quantitative estimate of drug-likeness (QED) is 0.365. The van der Waals surface area contributed by atoms with Crippen molar-refractivity contribution in [2.24, 2.45) is 0 Å². The zero-order chi connectivity index (χ0) is 25.0. The number of amides is 1. The van der Waals surface area contributed by atoms with E-state index in [1.165, 1.54) is 0 Å². The van der Waals surface area contributed by atoms with Crippen molar-refractivity contribution >= 4 is 43.4 Å². The van der Waals surface area contributed by atoms with E-state index in [0.717, 1.165) is 5.56 Å². The maximum absolute atomic E-state index is 12.5. The molecule has 0 aliphatic rings. The summed E-state index contributed by atoms with van der Waals surface area (Å²) >= 11 is 0. The molecule has 2 aromatic rings. The average Bonchev–Trinajstić information content (AvgIpc) is 2.99. The van der Waals surface area contributed by atoms with Gasteiger partial charge in [-0.15, -0.1) is 0 Å². The molecule has 0 fully saturated rings. The van der Waals surface area contributed by atoms with Gasteiger partial charge in [0.1, 0.15) is 16.7 Å². The number of esters is 1. The molecule has 0 unspecified atom stereocenters. The molecule has 182 valence electrons. The first-order chi connectivity index (χ1) is 15.1. The fourth-order valence-corrected chi connectivity index (χ4v) is 3.56. The number of carbonyl (C=O) groups is 2. The first kappa shape index (κ1) is 26.6. The summed E-state index contributed by atoms with van der Waals surface area (Å²) < 4.78 is 22.3. The van der Waals surface area contributed by atoms with Crippen LogP contribution in [0.15, 0.2) is 22.8 Å². The normalized spacial score (nSPS) is 12.9. The summed E-state index contributed by atoms with van der Waals surface area (Å²) in [4.78, 5) is 29.2. The highest BCUT2D eigenvalue weighted by molar-refractivity contribution is 6.74. The van der Waals surface area contributed by atoms with Crippen LogP contribution >= 0.6 is 0 Å². The van der Waals surface area contributed by atoms with Crippen molar-refractivity contribution < 1.29 is 27.9 Å². The molecular formula is C24H36N2O6Si. The smallest absolute Gasteiger partial charge is 0.414 e. The van der Waals surface area contributed by atoms with Crippen LogP contribution < -0.4 is 5.32 Å². The molecule has 8 nitrogen and oxygen atoms in total. The summed E-state index contributed by atoms with van der Waals surface area (Å²) in [6, 6.07) is 1.74. The van der Waals surface area contributed by atoms with Gasteiger partial charge >= 0.3 is 12.1 Å². The summed E-state index contributed by atoms with van der Waals surface area (Å²) in [6.45, 7) is 18.6. The van der Waals surface area contributed by atoms with Gasteiger partial charge in [0.2, 0.25) is 5.88 Å². The molecule has 0 atom stereocenters. The highest BCUT2D eigenvalue weighted by atomic mass is 28.4. The van der Waals surface area contributed by atoms with Gasteiger partial charge in [0.25, 0.3) is 0 Å². The number of aromatic nitrogens is 1. The van der Waals surface area contributed by atoms with Gasteiger partial charge < -0.3 is 18.3 Å². The number of carbonyl (C=O) groups excluding carboxylic acids is 2. The molecule has 0 spiro atoms. The summed E-state index contributed by atoms with van der Waals surface area (Å²) in [5.74, 6) is -0.700. The van der Waals surface area contributed by atoms with Gasteiger partial charge in [-0.05, 0) is 57.5 Å². The second kappa shape index (κ2) is 10.1. The van der Waals surface area contributed by atoms with E-state index in [-0.39, 0.29) is 23.1 Å². The fraction of sp³-hybridized carbons (Fsp3) is 0.542. The number of pyridine rings is 1. The first-order valence-corrected chi connectivity index (χ1v) is 14.0. The molecule has 0 bridgehead atoms. The Balaban J connectivity index is 2.29. The lowest BCUT2D eigenvalue weighted by atomic mass is 10.2. The Kier molecular flexibility index (Phi) is 8.13. The largest absolute Gasteiger partial charge is 0.462 e. The van der Waals surface area contributed by atoms with E-state index in [2.05, 4.69) is 44.2 Å². The number of hydrogen-bond donors (Lipinski definition) is 1. The molecule has 1 amide bonds. The van der Waals surface area contributed by atoms with Crippen molar-refractivity contribution in [1.82, 2.24) is 4.98 Å². The van der Waals surface area contributed by atoms with Gasteiger partial charge in [-0.25, -0.2) is 9.59 Å². The molecular weight excluding hydrogens is 440 g/mol. The molecule has 2 rings (SSSR count). The van der Waals surface area contributed by atoms with Gasteiger partial charge in [0.15, 0.2) is 13.9 Å². The zero-order valence-corrected chi connectivity index (χ0v) is 22.1. The number of nitrogens with one attached hydrogen (secondary N) is 1. The number of nitrogens with zero attached hydrogens (tertiary/aromatic N) is 1. The van der Waals surface area contributed by atoms with Crippen molar-refractivity contribution in [3.8, 4) is 0 Å². The molecule has 0 aliphatic heterocycles. The summed E-state index contributed by atoms with van der Waals surface area (Å²) in [5.41, 5.74) is 0.762. The lowest BCUT2D eigenvalue weighted by Crippen LogP contribution is -2.40. The van der Waals surface area contributed by atoms with Crippen LogP contribution in [0.25, 0.3) is 17.2 Å². The third kappa shape index (κ3) is 7.16. The van der Waals surface area contributed by atoms with E-state index in [1.54, 1.807) is 40.0 Å².